The molecule has 1 unspecified atom stereocenters. The third-order valence-electron chi connectivity index (χ3n) is 5.60. The summed E-state index contributed by atoms with van der Waals surface area (Å²) in [6, 6.07) is 15.3. The lowest BCUT2D eigenvalue weighted by Crippen LogP contribution is -2.39. The first-order valence-electron chi connectivity index (χ1n) is 10.2. The van der Waals surface area contributed by atoms with E-state index in [2.05, 4.69) is 15.2 Å². The van der Waals surface area contributed by atoms with Crippen LogP contribution in [0, 0.1) is 13.8 Å². The van der Waals surface area contributed by atoms with Crippen molar-refractivity contribution in [2.75, 3.05) is 11.9 Å². The number of nitrogens with zero attached hydrogens (tertiary/aromatic N) is 2. The molecule has 0 saturated carbocycles. The topological polar surface area (TPSA) is 88.3 Å². The number of nitrogens with two attached hydrogens (primary N) is 1. The van der Waals surface area contributed by atoms with Crippen molar-refractivity contribution in [2.24, 2.45) is 5.73 Å². The largest absolute Gasteiger partial charge is 0.368 e. The predicted octanol–water partition coefficient (Wildman–Crippen LogP) is 3.55. The lowest BCUT2D eigenvalue weighted by Gasteiger charge is -2.22. The molecule has 4 rings (SSSR count). The minimum Gasteiger partial charge on any atom is -0.368 e. The van der Waals surface area contributed by atoms with Crippen LogP contribution in [0.5, 0.6) is 0 Å². The lowest BCUT2D eigenvalue weighted by molar-refractivity contribution is -0.122. The highest BCUT2D eigenvalue weighted by Crippen LogP contribution is 2.23. The number of anilines is 1. The van der Waals surface area contributed by atoms with Gasteiger partial charge in [0.25, 0.3) is 5.91 Å². The number of rotatable bonds is 5. The number of hydrogen-bond acceptors (Lipinski definition) is 4. The van der Waals surface area contributed by atoms with Crippen LogP contribution in [0.4, 0.5) is 5.69 Å². The second-order valence-corrected chi connectivity index (χ2v) is 8.02. The number of likely N-dealkylation sites (tertiary alicyclic amines) is 1. The van der Waals surface area contributed by atoms with Gasteiger partial charge in [0, 0.05) is 23.3 Å². The molecule has 0 aliphatic carbocycles. The summed E-state index contributed by atoms with van der Waals surface area (Å²) in [4.78, 5) is 31.4. The average Bonchev–Trinajstić information content (AvgIpc) is 3.16. The molecule has 0 spiro atoms. The molecule has 6 heteroatoms. The van der Waals surface area contributed by atoms with Crippen LogP contribution in [0.2, 0.25) is 0 Å². The van der Waals surface area contributed by atoms with Gasteiger partial charge in [0.1, 0.15) is 0 Å². The first kappa shape index (κ1) is 20.0. The van der Waals surface area contributed by atoms with E-state index in [-0.39, 0.29) is 17.9 Å². The Labute approximate surface area is 176 Å². The van der Waals surface area contributed by atoms with Gasteiger partial charge in [-0.05, 0) is 69.1 Å². The van der Waals surface area contributed by atoms with Crippen molar-refractivity contribution in [1.29, 1.82) is 0 Å². The van der Waals surface area contributed by atoms with E-state index in [4.69, 9.17) is 5.73 Å². The Balaban J connectivity index is 1.56. The van der Waals surface area contributed by atoms with Crippen molar-refractivity contribution in [3.8, 4) is 0 Å². The number of aromatic nitrogens is 1. The zero-order chi connectivity index (χ0) is 21.3. The van der Waals surface area contributed by atoms with E-state index >= 15 is 0 Å². The second-order valence-electron chi connectivity index (χ2n) is 8.02. The van der Waals surface area contributed by atoms with Crippen LogP contribution in [0.25, 0.3) is 10.9 Å². The molecule has 1 aliphatic heterocycles. The molecule has 1 atom stereocenters. The van der Waals surface area contributed by atoms with Crippen LogP contribution in [-0.4, -0.2) is 34.3 Å². The summed E-state index contributed by atoms with van der Waals surface area (Å²) in [6.07, 6.45) is 1.78. The van der Waals surface area contributed by atoms with Crippen molar-refractivity contribution in [3.63, 3.8) is 0 Å². The summed E-state index contributed by atoms with van der Waals surface area (Å²) in [5.74, 6) is -0.434. The molecule has 1 aromatic heterocycles. The van der Waals surface area contributed by atoms with Gasteiger partial charge in [0.15, 0.2) is 0 Å². The lowest BCUT2D eigenvalue weighted by atomic mass is 10.0. The van der Waals surface area contributed by atoms with Crippen LogP contribution >= 0.6 is 0 Å². The minimum atomic E-state index is -0.271. The Bertz CT molecular complexity index is 1130. The second kappa shape index (κ2) is 8.24. The molecule has 1 fully saturated rings. The molecule has 154 valence electrons. The summed E-state index contributed by atoms with van der Waals surface area (Å²) in [6.45, 7) is 5.38. The Morgan fingerprint density at radius 1 is 1.17 bits per heavy atom. The van der Waals surface area contributed by atoms with Gasteiger partial charge in [-0.2, -0.15) is 0 Å². The first-order valence-corrected chi connectivity index (χ1v) is 10.2. The Morgan fingerprint density at radius 3 is 2.80 bits per heavy atom. The predicted molar refractivity (Wildman–Crippen MR) is 118 cm³/mol. The monoisotopic (exact) mass is 402 g/mol. The maximum absolute atomic E-state index is 13.1. The van der Waals surface area contributed by atoms with E-state index in [0.717, 1.165) is 52.8 Å². The Morgan fingerprint density at radius 2 is 2.00 bits per heavy atom. The zero-order valence-corrected chi connectivity index (χ0v) is 17.3. The Kier molecular flexibility index (Phi) is 5.50. The molecular weight excluding hydrogens is 376 g/mol. The van der Waals surface area contributed by atoms with Crippen molar-refractivity contribution >= 4 is 28.4 Å². The maximum Gasteiger partial charge on any atom is 0.256 e. The SMILES string of the molecule is Cc1ccc2nc(C)cc(C(=O)Nc3cccc(CN4CCCC4C(N)=O)c3)c2c1. The molecular formula is C24H26N4O2. The van der Waals surface area contributed by atoms with E-state index in [1.807, 2.05) is 62.4 Å². The van der Waals surface area contributed by atoms with Crippen molar-refractivity contribution < 1.29 is 9.59 Å². The first-order chi connectivity index (χ1) is 14.4. The van der Waals surface area contributed by atoms with Gasteiger partial charge in [0.05, 0.1) is 17.1 Å². The Hall–Kier alpha value is -3.25. The number of carbonyl (C=O) groups excluding carboxylic acids is 2. The molecule has 1 saturated heterocycles. The number of fused-ring (bicyclic) bond motifs is 1. The number of aryl methyl sites for hydroxylation is 2. The molecule has 0 bridgehead atoms. The van der Waals surface area contributed by atoms with Crippen LogP contribution in [-0.2, 0) is 11.3 Å². The smallest absolute Gasteiger partial charge is 0.256 e. The highest BCUT2D eigenvalue weighted by atomic mass is 16.2. The van der Waals surface area contributed by atoms with Crippen molar-refractivity contribution in [3.05, 3.63) is 70.9 Å². The number of hydrogen-bond donors (Lipinski definition) is 2. The highest BCUT2D eigenvalue weighted by Gasteiger charge is 2.28. The highest BCUT2D eigenvalue weighted by molar-refractivity contribution is 6.12. The minimum absolute atomic E-state index is 0.163. The van der Waals surface area contributed by atoms with Crippen LogP contribution in [0.3, 0.4) is 0 Å². The summed E-state index contributed by atoms with van der Waals surface area (Å²) >= 11 is 0. The third-order valence-corrected chi connectivity index (χ3v) is 5.60. The maximum atomic E-state index is 13.1. The molecule has 1 aliphatic rings. The van der Waals surface area contributed by atoms with Gasteiger partial charge in [-0.15, -0.1) is 0 Å². The van der Waals surface area contributed by atoms with Gasteiger partial charge in [-0.3, -0.25) is 19.5 Å². The fourth-order valence-electron chi connectivity index (χ4n) is 4.18. The van der Waals surface area contributed by atoms with Crippen LogP contribution in [0.15, 0.2) is 48.5 Å². The van der Waals surface area contributed by atoms with Gasteiger partial charge < -0.3 is 11.1 Å². The van der Waals surface area contributed by atoms with E-state index < -0.39 is 0 Å². The van der Waals surface area contributed by atoms with E-state index in [1.54, 1.807) is 0 Å². The molecule has 2 heterocycles. The number of carbonyl (C=O) groups is 2. The number of nitrogens with one attached hydrogen (secondary N) is 1. The fourth-order valence-corrected chi connectivity index (χ4v) is 4.18. The summed E-state index contributed by atoms with van der Waals surface area (Å²) in [5, 5.41) is 3.86. The fraction of sp³-hybridized carbons (Fsp3) is 0.292. The van der Waals surface area contributed by atoms with Crippen LogP contribution < -0.4 is 11.1 Å². The van der Waals surface area contributed by atoms with Crippen LogP contribution in [0.1, 0.15) is 40.0 Å². The van der Waals surface area contributed by atoms with E-state index in [1.165, 1.54) is 0 Å². The quantitative estimate of drug-likeness (QED) is 0.683. The number of amides is 2. The number of primary amides is 1. The van der Waals surface area contributed by atoms with E-state index in [9.17, 15) is 9.59 Å². The molecule has 3 N–H and O–H groups in total. The van der Waals surface area contributed by atoms with Gasteiger partial charge >= 0.3 is 0 Å². The molecule has 30 heavy (non-hydrogen) atoms. The van der Waals surface area contributed by atoms with Gasteiger partial charge in [-0.25, -0.2) is 0 Å². The third kappa shape index (κ3) is 4.19. The molecule has 2 amide bonds. The molecule has 2 aromatic carbocycles. The molecule has 3 aromatic rings. The zero-order valence-electron chi connectivity index (χ0n) is 17.3. The number of benzene rings is 2. The summed E-state index contributed by atoms with van der Waals surface area (Å²) in [7, 11) is 0. The molecule has 6 nitrogen and oxygen atoms in total. The van der Waals surface area contributed by atoms with Crippen molar-refractivity contribution in [2.45, 2.75) is 39.3 Å². The van der Waals surface area contributed by atoms with Gasteiger partial charge in [0.2, 0.25) is 5.91 Å². The van der Waals surface area contributed by atoms with Gasteiger partial charge in [-0.1, -0.05) is 23.8 Å². The normalized spacial score (nSPS) is 16.7. The standard InChI is InChI=1S/C24H26N4O2/c1-15-8-9-21-19(11-15)20(12-16(2)26-21)24(30)27-18-6-3-5-17(13-18)14-28-10-4-7-22(28)23(25)29/h3,5-6,8-9,11-13,22H,4,7,10,14H2,1-2H3,(H2,25,29)(H,27,30). The number of pyridine rings is 1. The van der Waals surface area contributed by atoms with E-state index in [0.29, 0.717) is 12.1 Å². The summed E-state index contributed by atoms with van der Waals surface area (Å²) in [5.41, 5.74) is 10.6. The average molecular weight is 402 g/mol. The van der Waals surface area contributed by atoms with Crippen molar-refractivity contribution in [1.82, 2.24) is 9.88 Å². The summed E-state index contributed by atoms with van der Waals surface area (Å²) < 4.78 is 0. The molecule has 0 radical (unpaired) electrons.